The van der Waals surface area contributed by atoms with E-state index in [1.54, 1.807) is 0 Å². The van der Waals surface area contributed by atoms with E-state index in [1.165, 1.54) is 83.5 Å². The summed E-state index contributed by atoms with van der Waals surface area (Å²) in [5.74, 6) is 1.67. The molecule has 3 aromatic rings. The Hall–Kier alpha value is -2.19. The van der Waals surface area contributed by atoms with Gasteiger partial charge < -0.3 is 10.3 Å². The smallest absolute Gasteiger partial charge is 0.211 e. The summed E-state index contributed by atoms with van der Waals surface area (Å²) < 4.78 is 30.0. The van der Waals surface area contributed by atoms with E-state index in [-0.39, 0.29) is 5.75 Å². The molecule has 0 unspecified atom stereocenters. The van der Waals surface area contributed by atoms with Gasteiger partial charge in [-0.05, 0) is 25.3 Å². The van der Waals surface area contributed by atoms with Crippen molar-refractivity contribution in [2.45, 2.75) is 142 Å². The van der Waals surface area contributed by atoms with Gasteiger partial charge in [-0.1, -0.05) is 128 Å². The zero-order chi connectivity index (χ0) is 30.0. The van der Waals surface area contributed by atoms with E-state index in [9.17, 15) is 8.42 Å². The number of hydrogen-bond acceptors (Lipinski definition) is 5. The molecule has 0 radical (unpaired) electrons. The highest BCUT2D eigenvalue weighted by atomic mass is 32.2. The largest absolute Gasteiger partial charge is 0.382 e. The molecule has 0 fully saturated rings. The van der Waals surface area contributed by atoms with Crippen molar-refractivity contribution in [1.82, 2.24) is 19.3 Å². The number of nitrogens with two attached hydrogens (primary N) is 1. The summed E-state index contributed by atoms with van der Waals surface area (Å²) in [5, 5.41) is 1.05. The van der Waals surface area contributed by atoms with E-state index in [2.05, 4.69) is 34.2 Å². The summed E-state index contributed by atoms with van der Waals surface area (Å²) in [6.07, 6.45) is 23.1. The standard InChI is InChI=1S/C34H57N5O2S/c1-3-5-6-7-8-9-10-11-12-13-14-15-16-17-18-23-28-42(40,41)36-26-21-22-27-39-31(4-2)38-32-33(39)29-24-19-20-25-30(29)37-34(32)35/h19-20,24-25,36H,3-18,21-23,26-28H2,1-2H3,(H2,35,37). The highest BCUT2D eigenvalue weighted by Crippen LogP contribution is 2.29. The molecule has 0 atom stereocenters. The van der Waals surface area contributed by atoms with Gasteiger partial charge in [0, 0.05) is 24.9 Å². The molecule has 2 heterocycles. The highest BCUT2D eigenvalue weighted by molar-refractivity contribution is 7.89. The number of fused-ring (bicyclic) bond motifs is 3. The fourth-order valence-electron chi connectivity index (χ4n) is 5.95. The van der Waals surface area contributed by atoms with E-state index >= 15 is 0 Å². The number of rotatable bonds is 24. The maximum absolute atomic E-state index is 12.5. The first-order chi connectivity index (χ1) is 20.5. The molecular weight excluding hydrogens is 542 g/mol. The third-order valence-corrected chi connectivity index (χ3v) is 9.87. The van der Waals surface area contributed by atoms with E-state index < -0.39 is 10.0 Å². The second-order valence-electron chi connectivity index (χ2n) is 12.0. The van der Waals surface area contributed by atoms with Crippen LogP contribution in [0.2, 0.25) is 0 Å². The van der Waals surface area contributed by atoms with Crippen molar-refractivity contribution in [3.8, 4) is 0 Å². The Morgan fingerprint density at radius 1 is 0.738 bits per heavy atom. The fraction of sp³-hybridized carbons (Fsp3) is 0.706. The van der Waals surface area contributed by atoms with Gasteiger partial charge in [-0.25, -0.2) is 23.1 Å². The number of benzene rings is 1. The van der Waals surface area contributed by atoms with Crippen LogP contribution < -0.4 is 10.5 Å². The molecule has 2 aromatic heterocycles. The number of imidazole rings is 1. The maximum atomic E-state index is 12.5. The van der Waals surface area contributed by atoms with Crippen LogP contribution in [0.15, 0.2) is 24.3 Å². The van der Waals surface area contributed by atoms with E-state index in [0.29, 0.717) is 12.4 Å². The first-order valence-corrected chi connectivity index (χ1v) is 18.6. The van der Waals surface area contributed by atoms with Crippen molar-refractivity contribution in [2.75, 3.05) is 18.0 Å². The lowest BCUT2D eigenvalue weighted by Gasteiger charge is -2.11. The number of aromatic nitrogens is 3. The molecule has 42 heavy (non-hydrogen) atoms. The Bertz CT molecular complexity index is 1290. The van der Waals surface area contributed by atoms with Gasteiger partial charge >= 0.3 is 0 Å². The lowest BCUT2D eigenvalue weighted by atomic mass is 10.0. The molecule has 7 nitrogen and oxygen atoms in total. The third-order valence-electron chi connectivity index (χ3n) is 8.40. The number of nitrogens with one attached hydrogen (secondary N) is 1. The topological polar surface area (TPSA) is 103 Å². The molecule has 0 aliphatic carbocycles. The molecule has 3 rings (SSSR count). The van der Waals surface area contributed by atoms with Crippen LogP contribution in [0.5, 0.6) is 0 Å². The Morgan fingerprint density at radius 2 is 1.31 bits per heavy atom. The minimum Gasteiger partial charge on any atom is -0.382 e. The van der Waals surface area contributed by atoms with Crippen molar-refractivity contribution in [3.05, 3.63) is 30.1 Å². The molecule has 8 heteroatoms. The van der Waals surface area contributed by atoms with Gasteiger partial charge in [0.15, 0.2) is 5.82 Å². The van der Waals surface area contributed by atoms with Crippen LogP contribution in [0.25, 0.3) is 21.9 Å². The number of para-hydroxylation sites is 1. The van der Waals surface area contributed by atoms with Crippen molar-refractivity contribution >= 4 is 37.8 Å². The average Bonchev–Trinajstić information content (AvgIpc) is 3.36. The van der Waals surface area contributed by atoms with E-state index in [4.69, 9.17) is 10.7 Å². The number of hydrogen-bond donors (Lipinski definition) is 2. The summed E-state index contributed by atoms with van der Waals surface area (Å²) in [7, 11) is -3.21. The molecular formula is C34H57N5O2S. The lowest BCUT2D eigenvalue weighted by molar-refractivity contribution is 0.530. The number of unbranched alkanes of at least 4 members (excludes halogenated alkanes) is 16. The van der Waals surface area contributed by atoms with Gasteiger partial charge in [0.25, 0.3) is 0 Å². The second kappa shape index (κ2) is 19.2. The SMILES string of the molecule is CCCCCCCCCCCCCCCCCCS(=O)(=O)NCCCCn1c(CC)nc2c(N)nc3ccccc3c21. The predicted octanol–water partition coefficient (Wildman–Crippen LogP) is 8.69. The Kier molecular flexibility index (Phi) is 15.6. The average molecular weight is 600 g/mol. The highest BCUT2D eigenvalue weighted by Gasteiger charge is 2.16. The van der Waals surface area contributed by atoms with Crippen molar-refractivity contribution in [1.29, 1.82) is 0 Å². The number of nitrogen functional groups attached to an aromatic ring is 1. The Morgan fingerprint density at radius 3 is 1.90 bits per heavy atom. The van der Waals surface area contributed by atoms with E-state index in [1.807, 2.05) is 18.2 Å². The summed E-state index contributed by atoms with van der Waals surface area (Å²) in [6, 6.07) is 8.02. The molecule has 0 bridgehead atoms. The molecule has 3 N–H and O–H groups in total. The molecule has 236 valence electrons. The predicted molar refractivity (Wildman–Crippen MR) is 179 cm³/mol. The van der Waals surface area contributed by atoms with Crippen LogP contribution in [0.1, 0.15) is 135 Å². The molecule has 0 amide bonds. The summed E-state index contributed by atoms with van der Waals surface area (Å²) >= 11 is 0. The summed E-state index contributed by atoms with van der Waals surface area (Å²) in [4.78, 5) is 9.30. The van der Waals surface area contributed by atoms with Crippen LogP contribution in [-0.4, -0.2) is 35.3 Å². The maximum Gasteiger partial charge on any atom is 0.211 e. The van der Waals surface area contributed by atoms with Gasteiger partial charge in [0.2, 0.25) is 10.0 Å². The Labute approximate surface area is 255 Å². The molecule has 0 aliphatic rings. The third kappa shape index (κ3) is 11.5. The van der Waals surface area contributed by atoms with Crippen LogP contribution in [0.4, 0.5) is 5.82 Å². The van der Waals surface area contributed by atoms with Crippen LogP contribution in [0.3, 0.4) is 0 Å². The zero-order valence-corrected chi connectivity index (χ0v) is 27.3. The first-order valence-electron chi connectivity index (χ1n) is 17.0. The fourth-order valence-corrected chi connectivity index (χ4v) is 7.13. The number of nitrogens with zero attached hydrogens (tertiary/aromatic N) is 3. The number of sulfonamides is 1. The number of pyridine rings is 1. The lowest BCUT2D eigenvalue weighted by Crippen LogP contribution is -2.27. The van der Waals surface area contributed by atoms with Gasteiger partial charge in [0.05, 0.1) is 16.8 Å². The minimum absolute atomic E-state index is 0.232. The number of aryl methyl sites for hydroxylation is 2. The molecule has 0 saturated heterocycles. The van der Waals surface area contributed by atoms with Gasteiger partial charge in [-0.2, -0.15) is 0 Å². The molecule has 0 aliphatic heterocycles. The van der Waals surface area contributed by atoms with Crippen molar-refractivity contribution < 1.29 is 8.42 Å². The number of anilines is 1. The molecule has 1 aromatic carbocycles. The summed E-state index contributed by atoms with van der Waals surface area (Å²) in [6.45, 7) is 5.61. The first kappa shape index (κ1) is 34.3. The monoisotopic (exact) mass is 599 g/mol. The normalized spacial score (nSPS) is 12.1. The molecule has 0 saturated carbocycles. The second-order valence-corrected chi connectivity index (χ2v) is 13.9. The van der Waals surface area contributed by atoms with Crippen molar-refractivity contribution in [3.63, 3.8) is 0 Å². The van der Waals surface area contributed by atoms with Crippen LogP contribution in [-0.2, 0) is 23.0 Å². The van der Waals surface area contributed by atoms with Crippen LogP contribution >= 0.6 is 0 Å². The van der Waals surface area contributed by atoms with E-state index in [0.717, 1.165) is 72.8 Å². The van der Waals surface area contributed by atoms with Gasteiger partial charge in [-0.3, -0.25) is 0 Å². The van der Waals surface area contributed by atoms with Crippen molar-refractivity contribution in [2.24, 2.45) is 0 Å². The Balaban J connectivity index is 1.23. The van der Waals surface area contributed by atoms with Gasteiger partial charge in [-0.15, -0.1) is 0 Å². The quantitative estimate of drug-likeness (QED) is 0.100. The van der Waals surface area contributed by atoms with Gasteiger partial charge in [0.1, 0.15) is 11.3 Å². The zero-order valence-electron chi connectivity index (χ0n) is 26.5. The minimum atomic E-state index is -3.21. The van der Waals surface area contributed by atoms with Crippen LogP contribution in [0, 0.1) is 0 Å². The molecule has 0 spiro atoms. The summed E-state index contributed by atoms with van der Waals surface area (Å²) in [5.41, 5.74) is 8.89.